The highest BCUT2D eigenvalue weighted by Gasteiger charge is 2.15. The molecule has 0 spiro atoms. The van der Waals surface area contributed by atoms with Crippen molar-refractivity contribution in [1.29, 1.82) is 0 Å². The number of carbonyl (C=O) groups excluding carboxylic acids is 1. The van der Waals surface area contributed by atoms with Gasteiger partial charge in [-0.3, -0.25) is 4.79 Å². The Morgan fingerprint density at radius 2 is 2.00 bits per heavy atom. The Morgan fingerprint density at radius 3 is 2.81 bits per heavy atom. The minimum Gasteiger partial charge on any atom is -0.454 e. The molecule has 2 aromatic rings. The molecule has 0 fully saturated rings. The molecule has 0 saturated carbocycles. The third-order valence-corrected chi connectivity index (χ3v) is 3.26. The maximum absolute atomic E-state index is 13.6. The molecule has 0 saturated heterocycles. The smallest absolute Gasteiger partial charge is 0.231 e. The number of hydrogen-bond donors (Lipinski definition) is 1. The van der Waals surface area contributed by atoms with E-state index in [1.165, 1.54) is 12.1 Å². The number of rotatable bonds is 3. The van der Waals surface area contributed by atoms with Crippen molar-refractivity contribution in [1.82, 2.24) is 0 Å². The van der Waals surface area contributed by atoms with Crippen LogP contribution in [0.25, 0.3) is 0 Å². The van der Waals surface area contributed by atoms with Crippen molar-refractivity contribution in [3.8, 4) is 11.5 Å². The topological polar surface area (TPSA) is 47.6 Å². The molecule has 0 aromatic heterocycles. The predicted molar refractivity (Wildman–Crippen MR) is 76.3 cm³/mol. The molecule has 4 nitrogen and oxygen atoms in total. The zero-order valence-electron chi connectivity index (χ0n) is 10.9. The Kier molecular flexibility index (Phi) is 3.66. The summed E-state index contributed by atoms with van der Waals surface area (Å²) in [5.41, 5.74) is 0.858. The highest BCUT2D eigenvalue weighted by molar-refractivity contribution is 6.30. The van der Waals surface area contributed by atoms with Gasteiger partial charge in [-0.15, -0.1) is 0 Å². The summed E-state index contributed by atoms with van der Waals surface area (Å²) in [6.45, 7) is 0.169. The molecule has 0 atom stereocenters. The molecule has 108 valence electrons. The largest absolute Gasteiger partial charge is 0.454 e. The lowest BCUT2D eigenvalue weighted by molar-refractivity contribution is -0.115. The van der Waals surface area contributed by atoms with Crippen molar-refractivity contribution >= 4 is 23.2 Å². The van der Waals surface area contributed by atoms with Crippen LogP contribution in [0, 0.1) is 5.82 Å². The third-order valence-electron chi connectivity index (χ3n) is 3.02. The number of nitrogens with one attached hydrogen (secondary N) is 1. The highest BCUT2D eigenvalue weighted by atomic mass is 35.5. The number of benzene rings is 2. The van der Waals surface area contributed by atoms with Crippen LogP contribution in [0.5, 0.6) is 11.5 Å². The lowest BCUT2D eigenvalue weighted by atomic mass is 10.1. The van der Waals surface area contributed by atoms with Gasteiger partial charge in [0, 0.05) is 16.8 Å². The summed E-state index contributed by atoms with van der Waals surface area (Å²) in [6.07, 6.45) is -0.0720. The first-order valence-electron chi connectivity index (χ1n) is 6.25. The van der Waals surface area contributed by atoms with E-state index in [4.69, 9.17) is 21.1 Å². The summed E-state index contributed by atoms with van der Waals surface area (Å²) in [6, 6.07) is 9.30. The van der Waals surface area contributed by atoms with Gasteiger partial charge in [-0.1, -0.05) is 17.7 Å². The van der Waals surface area contributed by atoms with Gasteiger partial charge in [0.2, 0.25) is 12.7 Å². The van der Waals surface area contributed by atoms with Crippen LogP contribution >= 0.6 is 11.6 Å². The normalized spacial score (nSPS) is 12.3. The molecule has 6 heteroatoms. The molecule has 0 radical (unpaired) electrons. The SMILES string of the molecule is O=C(Cc1ccc(Cl)cc1F)Nc1ccc2c(c1)OCO2. The van der Waals surface area contributed by atoms with Gasteiger partial charge in [0.15, 0.2) is 11.5 Å². The van der Waals surface area contributed by atoms with E-state index in [-0.39, 0.29) is 24.7 Å². The maximum atomic E-state index is 13.6. The molecule has 2 aromatic carbocycles. The minimum absolute atomic E-state index is 0.0720. The monoisotopic (exact) mass is 307 g/mol. The lowest BCUT2D eigenvalue weighted by Crippen LogP contribution is -2.15. The van der Waals surface area contributed by atoms with E-state index in [0.29, 0.717) is 22.2 Å². The summed E-state index contributed by atoms with van der Waals surface area (Å²) in [7, 11) is 0. The average Bonchev–Trinajstić information content (AvgIpc) is 2.89. The Bertz CT molecular complexity index is 705. The van der Waals surface area contributed by atoms with Crippen molar-refractivity contribution in [3.05, 3.63) is 52.8 Å². The molecule has 0 aliphatic carbocycles. The molecule has 1 amide bonds. The number of hydrogen-bond acceptors (Lipinski definition) is 3. The first-order chi connectivity index (χ1) is 10.1. The first-order valence-corrected chi connectivity index (χ1v) is 6.63. The van der Waals surface area contributed by atoms with Crippen molar-refractivity contribution in [2.24, 2.45) is 0 Å². The van der Waals surface area contributed by atoms with Gasteiger partial charge in [0.05, 0.1) is 6.42 Å². The molecule has 0 bridgehead atoms. The molecular formula is C15H11ClFNO3. The van der Waals surface area contributed by atoms with Gasteiger partial charge in [-0.05, 0) is 29.8 Å². The van der Waals surface area contributed by atoms with Crippen LogP contribution in [0.2, 0.25) is 5.02 Å². The van der Waals surface area contributed by atoms with E-state index in [9.17, 15) is 9.18 Å². The Morgan fingerprint density at radius 1 is 1.19 bits per heavy atom. The van der Waals surface area contributed by atoms with Gasteiger partial charge in [-0.2, -0.15) is 0 Å². The molecule has 3 rings (SSSR count). The second kappa shape index (κ2) is 5.61. The van der Waals surface area contributed by atoms with E-state index < -0.39 is 5.82 Å². The number of halogens is 2. The zero-order chi connectivity index (χ0) is 14.8. The number of amides is 1. The lowest BCUT2D eigenvalue weighted by Gasteiger charge is -2.07. The summed E-state index contributed by atoms with van der Waals surface area (Å²) in [5, 5.41) is 2.99. The summed E-state index contributed by atoms with van der Waals surface area (Å²) in [4.78, 5) is 11.9. The predicted octanol–water partition coefficient (Wildman–Crippen LogP) is 3.39. The molecule has 1 N–H and O–H groups in total. The second-order valence-electron chi connectivity index (χ2n) is 4.53. The third kappa shape index (κ3) is 3.08. The zero-order valence-corrected chi connectivity index (χ0v) is 11.6. The van der Waals surface area contributed by atoms with Crippen LogP contribution in [0.1, 0.15) is 5.56 Å². The number of carbonyl (C=O) groups is 1. The number of anilines is 1. The van der Waals surface area contributed by atoms with Crippen LogP contribution in [-0.2, 0) is 11.2 Å². The fourth-order valence-electron chi connectivity index (χ4n) is 2.02. The summed E-state index contributed by atoms with van der Waals surface area (Å²) >= 11 is 5.67. The molecule has 1 aliphatic rings. The standard InChI is InChI=1S/C15H11ClFNO3/c16-10-2-1-9(12(17)6-10)5-15(19)18-11-3-4-13-14(7-11)21-8-20-13/h1-4,6-7H,5,8H2,(H,18,19). The maximum Gasteiger partial charge on any atom is 0.231 e. The molecule has 21 heavy (non-hydrogen) atoms. The van der Waals surface area contributed by atoms with E-state index in [1.807, 2.05) is 0 Å². The van der Waals surface area contributed by atoms with E-state index in [1.54, 1.807) is 24.3 Å². The van der Waals surface area contributed by atoms with Crippen molar-refractivity contribution in [3.63, 3.8) is 0 Å². The van der Waals surface area contributed by atoms with Crippen LogP contribution in [0.3, 0.4) is 0 Å². The fraction of sp³-hybridized carbons (Fsp3) is 0.133. The highest BCUT2D eigenvalue weighted by Crippen LogP contribution is 2.34. The van der Waals surface area contributed by atoms with Gasteiger partial charge in [-0.25, -0.2) is 4.39 Å². The molecule has 1 aliphatic heterocycles. The van der Waals surface area contributed by atoms with E-state index in [0.717, 1.165) is 0 Å². The van der Waals surface area contributed by atoms with Crippen LogP contribution in [-0.4, -0.2) is 12.7 Å². The Hall–Kier alpha value is -2.27. The Labute approximate surface area is 125 Å². The van der Waals surface area contributed by atoms with Gasteiger partial charge in [0.1, 0.15) is 5.82 Å². The molecular weight excluding hydrogens is 297 g/mol. The van der Waals surface area contributed by atoms with Crippen LogP contribution in [0.15, 0.2) is 36.4 Å². The number of ether oxygens (including phenoxy) is 2. The van der Waals surface area contributed by atoms with E-state index in [2.05, 4.69) is 5.32 Å². The number of fused-ring (bicyclic) bond motifs is 1. The van der Waals surface area contributed by atoms with Crippen molar-refractivity contribution in [2.45, 2.75) is 6.42 Å². The van der Waals surface area contributed by atoms with Gasteiger partial charge < -0.3 is 14.8 Å². The summed E-state index contributed by atoms with van der Waals surface area (Å²) < 4.78 is 24.0. The van der Waals surface area contributed by atoms with Crippen molar-refractivity contribution in [2.75, 3.05) is 12.1 Å². The minimum atomic E-state index is -0.497. The molecule has 1 heterocycles. The first kappa shape index (κ1) is 13.7. The summed E-state index contributed by atoms with van der Waals surface area (Å²) in [5.74, 6) is 0.389. The van der Waals surface area contributed by atoms with Crippen LogP contribution < -0.4 is 14.8 Å². The van der Waals surface area contributed by atoms with Gasteiger partial charge >= 0.3 is 0 Å². The molecule has 0 unspecified atom stereocenters. The average molecular weight is 308 g/mol. The second-order valence-corrected chi connectivity index (χ2v) is 4.97. The Balaban J connectivity index is 1.69. The fourth-order valence-corrected chi connectivity index (χ4v) is 2.18. The van der Waals surface area contributed by atoms with Crippen molar-refractivity contribution < 1.29 is 18.7 Å². The van der Waals surface area contributed by atoms with Gasteiger partial charge in [0.25, 0.3) is 0 Å². The van der Waals surface area contributed by atoms with Crippen LogP contribution in [0.4, 0.5) is 10.1 Å². The quantitative estimate of drug-likeness (QED) is 0.945. The van der Waals surface area contributed by atoms with E-state index >= 15 is 0 Å².